The summed E-state index contributed by atoms with van der Waals surface area (Å²) in [7, 11) is 1.72. The number of benzene rings is 1. The van der Waals surface area contributed by atoms with E-state index < -0.39 is 0 Å². The smallest absolute Gasteiger partial charge is 0.276 e. The lowest BCUT2D eigenvalue weighted by atomic mass is 9.89. The van der Waals surface area contributed by atoms with E-state index in [9.17, 15) is 9.59 Å². The zero-order chi connectivity index (χ0) is 21.8. The lowest BCUT2D eigenvalue weighted by Crippen LogP contribution is -2.25. The van der Waals surface area contributed by atoms with Gasteiger partial charge in [-0.2, -0.15) is 10.2 Å². The van der Waals surface area contributed by atoms with Crippen LogP contribution in [-0.4, -0.2) is 31.4 Å². The molecule has 2 amide bonds. The lowest BCUT2D eigenvalue weighted by Gasteiger charge is -2.20. The van der Waals surface area contributed by atoms with Crippen molar-refractivity contribution in [1.82, 2.24) is 19.6 Å². The first-order valence-electron chi connectivity index (χ1n) is 10.7. The molecule has 0 aliphatic heterocycles. The summed E-state index contributed by atoms with van der Waals surface area (Å²) in [6.45, 7) is 2.67. The van der Waals surface area contributed by atoms with Gasteiger partial charge in [0.1, 0.15) is 5.82 Å². The summed E-state index contributed by atoms with van der Waals surface area (Å²) in [6, 6.07) is 9.85. The second-order valence-corrected chi connectivity index (χ2v) is 8.23. The lowest BCUT2D eigenvalue weighted by molar-refractivity contribution is -0.120. The fraction of sp³-hybridized carbons (Fsp3) is 0.391. The highest BCUT2D eigenvalue weighted by Gasteiger charge is 2.23. The van der Waals surface area contributed by atoms with Gasteiger partial charge in [0.25, 0.3) is 5.91 Å². The number of carbonyl (C=O) groups is 2. The Morgan fingerprint density at radius 3 is 2.58 bits per heavy atom. The van der Waals surface area contributed by atoms with Crippen LogP contribution in [0.25, 0.3) is 0 Å². The number of nitrogens with one attached hydrogen (secondary N) is 2. The Labute approximate surface area is 181 Å². The molecule has 1 aliphatic rings. The molecule has 2 heterocycles. The number of aryl methyl sites for hydroxylation is 2. The largest absolute Gasteiger partial charge is 0.318 e. The summed E-state index contributed by atoms with van der Waals surface area (Å²) >= 11 is 0. The molecule has 0 unspecified atom stereocenters. The highest BCUT2D eigenvalue weighted by Crippen LogP contribution is 2.25. The Hall–Kier alpha value is -3.42. The van der Waals surface area contributed by atoms with E-state index in [1.54, 1.807) is 30.2 Å². The van der Waals surface area contributed by atoms with E-state index in [0.717, 1.165) is 31.2 Å². The molecule has 2 N–H and O–H groups in total. The first-order valence-corrected chi connectivity index (χ1v) is 10.7. The first-order chi connectivity index (χ1) is 15.0. The van der Waals surface area contributed by atoms with Gasteiger partial charge in [0.15, 0.2) is 5.69 Å². The van der Waals surface area contributed by atoms with E-state index in [1.165, 1.54) is 16.7 Å². The van der Waals surface area contributed by atoms with E-state index in [2.05, 4.69) is 52.0 Å². The summed E-state index contributed by atoms with van der Waals surface area (Å²) < 4.78 is 3.30. The molecule has 1 aliphatic carbocycles. The predicted molar refractivity (Wildman–Crippen MR) is 119 cm³/mol. The Bertz CT molecular complexity index is 1060. The molecule has 8 nitrogen and oxygen atoms in total. The van der Waals surface area contributed by atoms with Crippen LogP contribution in [0.2, 0.25) is 0 Å². The van der Waals surface area contributed by atoms with Crippen LogP contribution in [0.3, 0.4) is 0 Å². The normalized spacial score (nSPS) is 14.4. The quantitative estimate of drug-likeness (QED) is 0.635. The number of hydrogen-bond donors (Lipinski definition) is 2. The fourth-order valence-corrected chi connectivity index (χ4v) is 3.88. The molecule has 1 saturated carbocycles. The van der Waals surface area contributed by atoms with Crippen LogP contribution in [0.5, 0.6) is 0 Å². The van der Waals surface area contributed by atoms with Crippen molar-refractivity contribution in [3.05, 3.63) is 59.5 Å². The third-order valence-corrected chi connectivity index (χ3v) is 5.70. The second-order valence-electron chi connectivity index (χ2n) is 8.23. The molecule has 0 spiro atoms. The molecule has 3 aromatic rings. The van der Waals surface area contributed by atoms with Crippen LogP contribution >= 0.6 is 0 Å². The molecule has 0 atom stereocenters. The van der Waals surface area contributed by atoms with Crippen molar-refractivity contribution in [2.45, 2.75) is 45.6 Å². The Morgan fingerprint density at radius 2 is 1.84 bits per heavy atom. The van der Waals surface area contributed by atoms with Gasteiger partial charge in [-0.1, -0.05) is 49.1 Å². The highest BCUT2D eigenvalue weighted by molar-refractivity contribution is 6.03. The number of aromatic nitrogens is 4. The summed E-state index contributed by atoms with van der Waals surface area (Å²) in [6.07, 6.45) is 8.62. The zero-order valence-electron chi connectivity index (χ0n) is 18.0. The van der Waals surface area contributed by atoms with Crippen molar-refractivity contribution in [3.8, 4) is 0 Å². The van der Waals surface area contributed by atoms with E-state index in [4.69, 9.17) is 0 Å². The Balaban J connectivity index is 1.36. The molecule has 31 heavy (non-hydrogen) atoms. The van der Waals surface area contributed by atoms with Crippen molar-refractivity contribution >= 4 is 23.3 Å². The average Bonchev–Trinajstić information content (AvgIpc) is 3.36. The van der Waals surface area contributed by atoms with Crippen LogP contribution in [0.1, 0.15) is 53.7 Å². The summed E-state index contributed by atoms with van der Waals surface area (Å²) in [5.41, 5.74) is 3.18. The van der Waals surface area contributed by atoms with Crippen molar-refractivity contribution in [1.29, 1.82) is 0 Å². The monoisotopic (exact) mass is 420 g/mol. The third-order valence-electron chi connectivity index (χ3n) is 5.70. The van der Waals surface area contributed by atoms with Crippen molar-refractivity contribution in [3.63, 3.8) is 0 Å². The number of rotatable bonds is 6. The number of nitrogens with zero attached hydrogens (tertiary/aromatic N) is 4. The molecular weight excluding hydrogens is 392 g/mol. The van der Waals surface area contributed by atoms with Gasteiger partial charge >= 0.3 is 0 Å². The average molecular weight is 421 g/mol. The van der Waals surface area contributed by atoms with Gasteiger partial charge in [0.05, 0.1) is 18.4 Å². The van der Waals surface area contributed by atoms with Crippen molar-refractivity contribution < 1.29 is 9.59 Å². The summed E-state index contributed by atoms with van der Waals surface area (Å²) in [4.78, 5) is 25.1. The molecule has 162 valence electrons. The number of anilines is 2. The molecule has 0 bridgehead atoms. The SMILES string of the molecule is Cc1ccc(Cn2cc(NC(=O)c3cc(NC(=O)C4CCCCC4)n(C)n3)cn2)cc1. The number of hydrogen-bond acceptors (Lipinski definition) is 4. The van der Waals surface area contributed by atoms with Gasteiger partial charge in [0, 0.05) is 25.2 Å². The van der Waals surface area contributed by atoms with E-state index in [-0.39, 0.29) is 23.4 Å². The van der Waals surface area contributed by atoms with E-state index in [1.807, 2.05) is 0 Å². The van der Waals surface area contributed by atoms with Crippen LogP contribution in [-0.2, 0) is 18.4 Å². The van der Waals surface area contributed by atoms with E-state index >= 15 is 0 Å². The highest BCUT2D eigenvalue weighted by atomic mass is 16.2. The zero-order valence-corrected chi connectivity index (χ0v) is 18.0. The van der Waals surface area contributed by atoms with Crippen LogP contribution < -0.4 is 10.6 Å². The Morgan fingerprint density at radius 1 is 1.10 bits per heavy atom. The predicted octanol–water partition coefficient (Wildman–Crippen LogP) is 3.74. The third kappa shape index (κ3) is 5.20. The molecule has 8 heteroatoms. The van der Waals surface area contributed by atoms with Gasteiger partial charge in [-0.3, -0.25) is 19.0 Å². The van der Waals surface area contributed by atoms with Crippen molar-refractivity contribution in [2.24, 2.45) is 13.0 Å². The summed E-state index contributed by atoms with van der Waals surface area (Å²) in [5.74, 6) is 0.228. The van der Waals surface area contributed by atoms with Gasteiger partial charge in [-0.05, 0) is 25.3 Å². The molecule has 1 fully saturated rings. The number of amides is 2. The topological polar surface area (TPSA) is 93.8 Å². The minimum atomic E-state index is -0.344. The fourth-order valence-electron chi connectivity index (χ4n) is 3.88. The minimum absolute atomic E-state index is 0.00652. The van der Waals surface area contributed by atoms with E-state index in [0.29, 0.717) is 18.1 Å². The molecule has 4 rings (SSSR count). The minimum Gasteiger partial charge on any atom is -0.318 e. The van der Waals surface area contributed by atoms with Crippen molar-refractivity contribution in [2.75, 3.05) is 10.6 Å². The second kappa shape index (κ2) is 9.16. The number of carbonyl (C=O) groups excluding carboxylic acids is 2. The van der Waals surface area contributed by atoms with Gasteiger partial charge in [0.2, 0.25) is 5.91 Å². The van der Waals surface area contributed by atoms with Gasteiger partial charge in [-0.15, -0.1) is 0 Å². The first kappa shape index (κ1) is 20.8. The molecule has 0 radical (unpaired) electrons. The molecular formula is C23H28N6O2. The molecule has 1 aromatic carbocycles. The van der Waals surface area contributed by atoms with Gasteiger partial charge in [-0.25, -0.2) is 0 Å². The van der Waals surface area contributed by atoms with Crippen LogP contribution in [0.15, 0.2) is 42.7 Å². The standard InChI is InChI=1S/C23H28N6O2/c1-16-8-10-17(11-9-16)14-29-15-19(13-24-29)25-23(31)20-12-21(28(2)27-20)26-22(30)18-6-4-3-5-7-18/h8-13,15,18H,3-7,14H2,1-2H3,(H,25,31)(H,26,30). The maximum atomic E-state index is 12.6. The maximum Gasteiger partial charge on any atom is 0.276 e. The van der Waals surface area contributed by atoms with Gasteiger partial charge < -0.3 is 10.6 Å². The molecule has 0 saturated heterocycles. The van der Waals surface area contributed by atoms with Crippen LogP contribution in [0, 0.1) is 12.8 Å². The summed E-state index contributed by atoms with van der Waals surface area (Å²) in [5, 5.41) is 14.3. The Kier molecular flexibility index (Phi) is 6.16. The maximum absolute atomic E-state index is 12.6. The molecule has 2 aromatic heterocycles. The van der Waals surface area contributed by atoms with Crippen LogP contribution in [0.4, 0.5) is 11.5 Å².